The number of hydrogen-bond acceptors (Lipinski definition) is 4. The minimum Gasteiger partial charge on any atom is -0.355 e. The molecule has 2 aromatic rings. The summed E-state index contributed by atoms with van der Waals surface area (Å²) in [5, 5.41) is 5.25. The van der Waals surface area contributed by atoms with Crippen LogP contribution in [0.5, 0.6) is 0 Å². The largest absolute Gasteiger partial charge is 0.355 e. The SMILES string of the molecule is CNC(=O)c1ccc(NC(=O)CCC(=O)c2ccc(C)s2)cc1. The molecule has 6 heteroatoms. The Morgan fingerprint density at radius 2 is 1.70 bits per heavy atom. The van der Waals surface area contributed by atoms with Gasteiger partial charge in [-0.25, -0.2) is 0 Å². The number of amides is 2. The van der Waals surface area contributed by atoms with Gasteiger partial charge in [-0.1, -0.05) is 0 Å². The van der Waals surface area contributed by atoms with Gasteiger partial charge in [-0.3, -0.25) is 14.4 Å². The molecule has 0 spiro atoms. The van der Waals surface area contributed by atoms with E-state index >= 15 is 0 Å². The normalized spacial score (nSPS) is 10.2. The second kappa shape index (κ2) is 7.69. The van der Waals surface area contributed by atoms with Crippen molar-refractivity contribution in [3.63, 3.8) is 0 Å². The van der Waals surface area contributed by atoms with Gasteiger partial charge in [-0.2, -0.15) is 0 Å². The van der Waals surface area contributed by atoms with Crippen molar-refractivity contribution < 1.29 is 14.4 Å². The molecule has 2 rings (SSSR count). The lowest BCUT2D eigenvalue weighted by molar-refractivity contribution is -0.116. The van der Waals surface area contributed by atoms with Crippen LogP contribution in [-0.4, -0.2) is 24.6 Å². The first-order chi connectivity index (χ1) is 11.0. The summed E-state index contributed by atoms with van der Waals surface area (Å²) < 4.78 is 0. The summed E-state index contributed by atoms with van der Waals surface area (Å²) in [6.07, 6.45) is 0.315. The summed E-state index contributed by atoms with van der Waals surface area (Å²) in [5.74, 6) is -0.424. The molecule has 0 aliphatic carbocycles. The van der Waals surface area contributed by atoms with Gasteiger partial charge in [-0.05, 0) is 43.3 Å². The smallest absolute Gasteiger partial charge is 0.251 e. The first-order valence-electron chi connectivity index (χ1n) is 7.21. The lowest BCUT2D eigenvalue weighted by atomic mass is 10.1. The highest BCUT2D eigenvalue weighted by molar-refractivity contribution is 7.14. The molecule has 0 saturated carbocycles. The van der Waals surface area contributed by atoms with Gasteiger partial charge in [0, 0.05) is 36.0 Å². The van der Waals surface area contributed by atoms with Crippen molar-refractivity contribution in [1.29, 1.82) is 0 Å². The van der Waals surface area contributed by atoms with Crippen LogP contribution in [0.2, 0.25) is 0 Å². The molecule has 0 aliphatic heterocycles. The number of aryl methyl sites for hydroxylation is 1. The highest BCUT2D eigenvalue weighted by atomic mass is 32.1. The van der Waals surface area contributed by atoms with Crippen LogP contribution >= 0.6 is 11.3 Å². The molecule has 0 saturated heterocycles. The standard InChI is InChI=1S/C17H18N2O3S/c1-11-3-9-15(23-11)14(20)8-10-16(21)19-13-6-4-12(5-7-13)17(22)18-2/h3-7,9H,8,10H2,1-2H3,(H,18,22)(H,19,21). The van der Waals surface area contributed by atoms with Gasteiger partial charge < -0.3 is 10.6 Å². The highest BCUT2D eigenvalue weighted by Crippen LogP contribution is 2.18. The van der Waals surface area contributed by atoms with E-state index in [0.29, 0.717) is 16.1 Å². The number of Topliss-reactive ketones (excluding diaryl/α,β-unsaturated/α-hetero) is 1. The summed E-state index contributed by atoms with van der Waals surface area (Å²) in [6.45, 7) is 1.94. The zero-order valence-electron chi connectivity index (χ0n) is 13.0. The number of ketones is 1. The monoisotopic (exact) mass is 330 g/mol. The third kappa shape index (κ3) is 4.75. The predicted octanol–water partition coefficient (Wildman–Crippen LogP) is 3.02. The molecule has 1 heterocycles. The Hall–Kier alpha value is -2.47. The third-order valence-corrected chi connectivity index (χ3v) is 4.29. The molecule has 0 bridgehead atoms. The molecular weight excluding hydrogens is 312 g/mol. The Morgan fingerprint density at radius 1 is 1.00 bits per heavy atom. The Balaban J connectivity index is 1.85. The zero-order valence-corrected chi connectivity index (χ0v) is 13.8. The minimum absolute atomic E-state index is 0.0202. The quantitative estimate of drug-likeness (QED) is 0.800. The third-order valence-electron chi connectivity index (χ3n) is 3.25. The van der Waals surface area contributed by atoms with Crippen LogP contribution in [0.15, 0.2) is 36.4 Å². The van der Waals surface area contributed by atoms with Gasteiger partial charge in [0.05, 0.1) is 4.88 Å². The first-order valence-corrected chi connectivity index (χ1v) is 8.03. The number of anilines is 1. The van der Waals surface area contributed by atoms with Crippen LogP contribution in [0.3, 0.4) is 0 Å². The molecule has 0 aliphatic rings. The maximum Gasteiger partial charge on any atom is 0.251 e. The van der Waals surface area contributed by atoms with Gasteiger partial charge in [0.25, 0.3) is 5.91 Å². The molecule has 2 N–H and O–H groups in total. The van der Waals surface area contributed by atoms with Gasteiger partial charge in [0.15, 0.2) is 5.78 Å². The summed E-state index contributed by atoms with van der Waals surface area (Å²) in [6, 6.07) is 10.3. The lowest BCUT2D eigenvalue weighted by Gasteiger charge is -2.06. The van der Waals surface area contributed by atoms with E-state index < -0.39 is 0 Å². The second-order valence-electron chi connectivity index (χ2n) is 5.04. The van der Waals surface area contributed by atoms with Crippen molar-refractivity contribution in [2.24, 2.45) is 0 Å². The van der Waals surface area contributed by atoms with E-state index in [-0.39, 0.29) is 30.4 Å². The Morgan fingerprint density at radius 3 is 2.26 bits per heavy atom. The Labute approximate surface area is 138 Å². The van der Waals surface area contributed by atoms with E-state index in [9.17, 15) is 14.4 Å². The van der Waals surface area contributed by atoms with E-state index in [2.05, 4.69) is 10.6 Å². The van der Waals surface area contributed by atoms with Gasteiger partial charge in [0.1, 0.15) is 0 Å². The maximum absolute atomic E-state index is 12.0. The van der Waals surface area contributed by atoms with Crippen molar-refractivity contribution >= 4 is 34.6 Å². The van der Waals surface area contributed by atoms with Crippen molar-refractivity contribution in [2.75, 3.05) is 12.4 Å². The van der Waals surface area contributed by atoms with E-state index in [0.717, 1.165) is 4.88 Å². The van der Waals surface area contributed by atoms with Crippen molar-refractivity contribution in [3.05, 3.63) is 51.7 Å². The van der Waals surface area contributed by atoms with E-state index in [1.165, 1.54) is 11.3 Å². The van der Waals surface area contributed by atoms with E-state index in [1.807, 2.05) is 13.0 Å². The summed E-state index contributed by atoms with van der Waals surface area (Å²) in [4.78, 5) is 37.0. The number of carbonyl (C=O) groups is 3. The molecule has 120 valence electrons. The molecule has 1 aromatic heterocycles. The summed E-state index contributed by atoms with van der Waals surface area (Å²) in [7, 11) is 1.56. The number of carbonyl (C=O) groups excluding carboxylic acids is 3. The molecule has 1 aromatic carbocycles. The lowest BCUT2D eigenvalue weighted by Crippen LogP contribution is -2.18. The molecule has 0 radical (unpaired) electrons. The van der Waals surface area contributed by atoms with Crippen LogP contribution < -0.4 is 10.6 Å². The maximum atomic E-state index is 12.0. The number of hydrogen-bond donors (Lipinski definition) is 2. The van der Waals surface area contributed by atoms with Gasteiger partial charge in [0.2, 0.25) is 5.91 Å². The van der Waals surface area contributed by atoms with E-state index in [1.54, 1.807) is 37.4 Å². The molecule has 0 atom stereocenters. The van der Waals surface area contributed by atoms with Gasteiger partial charge >= 0.3 is 0 Å². The predicted molar refractivity (Wildman–Crippen MR) is 91.1 cm³/mol. The van der Waals surface area contributed by atoms with Crippen molar-refractivity contribution in [3.8, 4) is 0 Å². The van der Waals surface area contributed by atoms with Crippen LogP contribution in [-0.2, 0) is 4.79 Å². The van der Waals surface area contributed by atoms with E-state index in [4.69, 9.17) is 0 Å². The molecule has 0 fully saturated rings. The first kappa shape index (κ1) is 16.9. The van der Waals surface area contributed by atoms with Crippen molar-refractivity contribution in [2.45, 2.75) is 19.8 Å². The Bertz CT molecular complexity index is 720. The number of nitrogens with one attached hydrogen (secondary N) is 2. The minimum atomic E-state index is -0.223. The van der Waals surface area contributed by atoms with Crippen LogP contribution in [0.4, 0.5) is 5.69 Å². The molecule has 0 unspecified atom stereocenters. The van der Waals surface area contributed by atoms with Gasteiger partial charge in [-0.15, -0.1) is 11.3 Å². The fourth-order valence-corrected chi connectivity index (χ4v) is 2.84. The number of thiophene rings is 1. The topological polar surface area (TPSA) is 75.3 Å². The Kier molecular flexibility index (Phi) is 5.65. The molecule has 2 amide bonds. The average molecular weight is 330 g/mol. The summed E-state index contributed by atoms with van der Waals surface area (Å²) in [5.41, 5.74) is 1.12. The average Bonchev–Trinajstić information content (AvgIpc) is 2.99. The number of rotatable bonds is 6. The molecule has 5 nitrogen and oxygen atoms in total. The summed E-state index contributed by atoms with van der Waals surface area (Å²) >= 11 is 1.44. The van der Waals surface area contributed by atoms with Crippen LogP contribution in [0.25, 0.3) is 0 Å². The fourth-order valence-electron chi connectivity index (χ4n) is 2.01. The highest BCUT2D eigenvalue weighted by Gasteiger charge is 2.11. The fraction of sp³-hybridized carbons (Fsp3) is 0.235. The molecule has 23 heavy (non-hydrogen) atoms. The van der Waals surface area contributed by atoms with Crippen LogP contribution in [0.1, 0.15) is 37.7 Å². The number of benzene rings is 1. The van der Waals surface area contributed by atoms with Crippen LogP contribution in [0, 0.1) is 6.92 Å². The molecular formula is C17H18N2O3S. The van der Waals surface area contributed by atoms with Crippen molar-refractivity contribution in [1.82, 2.24) is 5.32 Å². The second-order valence-corrected chi connectivity index (χ2v) is 6.33. The zero-order chi connectivity index (χ0) is 16.8.